The van der Waals surface area contributed by atoms with E-state index in [1.165, 1.54) is 5.57 Å². The van der Waals surface area contributed by atoms with E-state index in [-0.39, 0.29) is 0 Å². The average Bonchev–Trinajstić information content (AvgIpc) is 2.04. The molecule has 0 aromatic rings. The third-order valence-electron chi connectivity index (χ3n) is 2.05. The van der Waals surface area contributed by atoms with E-state index in [1.807, 2.05) is 6.21 Å². The first-order valence-electron chi connectivity index (χ1n) is 3.93. The van der Waals surface area contributed by atoms with E-state index in [9.17, 15) is 0 Å². The predicted molar refractivity (Wildman–Crippen MR) is 47.8 cm³/mol. The van der Waals surface area contributed by atoms with E-state index in [2.05, 4.69) is 42.3 Å². The molecule has 0 spiro atoms. The minimum atomic E-state index is 0.365. The van der Waals surface area contributed by atoms with Crippen LogP contribution in [0.5, 0.6) is 0 Å². The Bertz CT molecular complexity index is 269. The molecule has 0 N–H and O–H groups in total. The summed E-state index contributed by atoms with van der Waals surface area (Å²) < 4.78 is 0. The minimum Gasteiger partial charge on any atom is -0.285 e. The molecule has 1 heterocycles. The van der Waals surface area contributed by atoms with Crippen molar-refractivity contribution in [3.63, 3.8) is 0 Å². The van der Waals surface area contributed by atoms with E-state index < -0.39 is 0 Å². The van der Waals surface area contributed by atoms with Crippen LogP contribution in [0.15, 0.2) is 40.9 Å². The second-order valence-electron chi connectivity index (χ2n) is 3.03. The molecule has 11 heavy (non-hydrogen) atoms. The fourth-order valence-corrected chi connectivity index (χ4v) is 1.47. The molecular weight excluding hydrogens is 134 g/mol. The number of aliphatic imine (C=N–C) groups is 1. The van der Waals surface area contributed by atoms with E-state index in [1.54, 1.807) is 0 Å². The Labute approximate surface area is 66.8 Å². The second-order valence-corrected chi connectivity index (χ2v) is 3.03. The minimum absolute atomic E-state index is 0.365. The molecule has 0 fully saturated rings. The highest BCUT2D eigenvalue weighted by atomic mass is 14.8. The van der Waals surface area contributed by atoms with Crippen LogP contribution >= 0.6 is 0 Å². The average molecular weight is 145 g/mol. The molecule has 0 saturated heterocycles. The standard InChI is InChI=1S/C10H11N/c1-8-6-9-4-2-3-5-10(9)11-7-8/h2-7,9-10H,1H3. The highest BCUT2D eigenvalue weighted by Crippen LogP contribution is 2.21. The van der Waals surface area contributed by atoms with Gasteiger partial charge in [0.15, 0.2) is 0 Å². The van der Waals surface area contributed by atoms with Crippen LogP contribution in [-0.2, 0) is 0 Å². The molecule has 2 aliphatic rings. The van der Waals surface area contributed by atoms with Gasteiger partial charge in [-0.2, -0.15) is 0 Å². The maximum absolute atomic E-state index is 4.40. The van der Waals surface area contributed by atoms with Crippen molar-refractivity contribution in [3.8, 4) is 0 Å². The van der Waals surface area contributed by atoms with Crippen LogP contribution in [0.25, 0.3) is 0 Å². The van der Waals surface area contributed by atoms with Gasteiger partial charge in [-0.15, -0.1) is 0 Å². The summed E-state index contributed by atoms with van der Waals surface area (Å²) in [6, 6.07) is 0.365. The summed E-state index contributed by atoms with van der Waals surface area (Å²) in [7, 11) is 0. The first-order valence-corrected chi connectivity index (χ1v) is 3.93. The number of rotatable bonds is 0. The zero-order chi connectivity index (χ0) is 7.68. The first-order chi connectivity index (χ1) is 5.36. The van der Waals surface area contributed by atoms with Crippen LogP contribution in [-0.4, -0.2) is 12.3 Å². The second kappa shape index (κ2) is 2.50. The summed E-state index contributed by atoms with van der Waals surface area (Å²) in [5, 5.41) is 0. The van der Waals surface area contributed by atoms with Gasteiger partial charge in [0, 0.05) is 12.1 Å². The lowest BCUT2D eigenvalue weighted by atomic mass is 9.92. The lowest BCUT2D eigenvalue weighted by Gasteiger charge is -2.20. The molecule has 1 nitrogen and oxygen atoms in total. The Morgan fingerprint density at radius 1 is 1.27 bits per heavy atom. The molecular formula is C10H11N. The maximum Gasteiger partial charge on any atom is 0.0780 e. The normalized spacial score (nSPS) is 33.4. The molecule has 56 valence electrons. The van der Waals surface area contributed by atoms with Gasteiger partial charge in [0.25, 0.3) is 0 Å². The van der Waals surface area contributed by atoms with Gasteiger partial charge in [-0.05, 0) is 12.5 Å². The highest BCUT2D eigenvalue weighted by Gasteiger charge is 2.17. The predicted octanol–water partition coefficient (Wildman–Crippen LogP) is 2.13. The molecule has 2 unspecified atom stereocenters. The van der Waals surface area contributed by atoms with E-state index in [0.717, 1.165) is 0 Å². The van der Waals surface area contributed by atoms with Gasteiger partial charge >= 0.3 is 0 Å². The number of dihydropyridines is 1. The van der Waals surface area contributed by atoms with Crippen molar-refractivity contribution in [2.75, 3.05) is 0 Å². The number of fused-ring (bicyclic) bond motifs is 1. The molecule has 0 bridgehead atoms. The molecule has 1 aliphatic heterocycles. The van der Waals surface area contributed by atoms with Crippen LogP contribution in [0.2, 0.25) is 0 Å². The Hall–Kier alpha value is -1.11. The topological polar surface area (TPSA) is 12.4 Å². The van der Waals surface area contributed by atoms with Gasteiger partial charge in [0.1, 0.15) is 0 Å². The van der Waals surface area contributed by atoms with E-state index in [0.29, 0.717) is 12.0 Å². The lowest BCUT2D eigenvalue weighted by molar-refractivity contribution is 0.678. The largest absolute Gasteiger partial charge is 0.285 e. The van der Waals surface area contributed by atoms with Crippen molar-refractivity contribution in [1.82, 2.24) is 0 Å². The summed E-state index contributed by atoms with van der Waals surface area (Å²) >= 11 is 0. The van der Waals surface area contributed by atoms with Crippen LogP contribution in [0.1, 0.15) is 6.92 Å². The summed E-state index contributed by atoms with van der Waals surface area (Å²) in [6.07, 6.45) is 12.7. The van der Waals surface area contributed by atoms with Gasteiger partial charge in [-0.3, -0.25) is 4.99 Å². The Morgan fingerprint density at radius 2 is 2.09 bits per heavy atom. The number of nitrogens with zero attached hydrogens (tertiary/aromatic N) is 1. The summed E-state index contributed by atoms with van der Waals surface area (Å²) in [4.78, 5) is 4.40. The van der Waals surface area contributed by atoms with Crippen molar-refractivity contribution in [3.05, 3.63) is 36.0 Å². The molecule has 0 saturated carbocycles. The van der Waals surface area contributed by atoms with Crippen LogP contribution < -0.4 is 0 Å². The zero-order valence-corrected chi connectivity index (χ0v) is 6.57. The van der Waals surface area contributed by atoms with E-state index in [4.69, 9.17) is 0 Å². The third kappa shape index (κ3) is 1.18. The van der Waals surface area contributed by atoms with Crippen LogP contribution in [0.4, 0.5) is 0 Å². The zero-order valence-electron chi connectivity index (χ0n) is 6.57. The van der Waals surface area contributed by atoms with Crippen molar-refractivity contribution < 1.29 is 0 Å². The Morgan fingerprint density at radius 3 is 3.00 bits per heavy atom. The number of allylic oxidation sites excluding steroid dienone is 3. The highest BCUT2D eigenvalue weighted by molar-refractivity contribution is 5.79. The van der Waals surface area contributed by atoms with Gasteiger partial charge in [-0.1, -0.05) is 30.4 Å². The van der Waals surface area contributed by atoms with Gasteiger partial charge in [-0.25, -0.2) is 0 Å². The Balaban J connectivity index is 2.29. The molecule has 1 heteroatoms. The maximum atomic E-state index is 4.40. The van der Waals surface area contributed by atoms with Gasteiger partial charge in [0.05, 0.1) is 6.04 Å². The molecule has 0 radical (unpaired) electrons. The SMILES string of the molecule is CC1=CC2C=CC=CC2N=C1. The molecule has 0 amide bonds. The molecule has 1 aliphatic carbocycles. The van der Waals surface area contributed by atoms with Gasteiger partial charge in [0.2, 0.25) is 0 Å². The van der Waals surface area contributed by atoms with Crippen molar-refractivity contribution >= 4 is 6.21 Å². The summed E-state index contributed by atoms with van der Waals surface area (Å²) in [5.74, 6) is 0.505. The summed E-state index contributed by atoms with van der Waals surface area (Å²) in [5.41, 5.74) is 1.27. The van der Waals surface area contributed by atoms with Crippen molar-refractivity contribution in [1.29, 1.82) is 0 Å². The Kier molecular flexibility index (Phi) is 1.50. The molecule has 2 rings (SSSR count). The fraction of sp³-hybridized carbons (Fsp3) is 0.300. The molecule has 0 aromatic carbocycles. The summed E-state index contributed by atoms with van der Waals surface area (Å²) in [6.45, 7) is 2.09. The molecule has 2 atom stereocenters. The smallest absolute Gasteiger partial charge is 0.0780 e. The van der Waals surface area contributed by atoms with E-state index >= 15 is 0 Å². The van der Waals surface area contributed by atoms with Crippen LogP contribution in [0.3, 0.4) is 0 Å². The first kappa shape index (κ1) is 6.59. The van der Waals surface area contributed by atoms with Crippen molar-refractivity contribution in [2.24, 2.45) is 10.9 Å². The number of hydrogen-bond acceptors (Lipinski definition) is 1. The van der Waals surface area contributed by atoms with Crippen LogP contribution in [0, 0.1) is 5.92 Å². The monoisotopic (exact) mass is 145 g/mol. The van der Waals surface area contributed by atoms with Gasteiger partial charge < -0.3 is 0 Å². The van der Waals surface area contributed by atoms with Crippen molar-refractivity contribution in [2.45, 2.75) is 13.0 Å². The third-order valence-corrected chi connectivity index (χ3v) is 2.05. The number of hydrogen-bond donors (Lipinski definition) is 0. The quantitative estimate of drug-likeness (QED) is 0.495. The molecule has 0 aromatic heterocycles. The lowest BCUT2D eigenvalue weighted by Crippen LogP contribution is -2.18. The fourth-order valence-electron chi connectivity index (χ4n) is 1.47.